The molecule has 8 rings (SSSR count). The Labute approximate surface area is 388 Å². The van der Waals surface area contributed by atoms with E-state index in [0.717, 1.165) is 37.2 Å². The van der Waals surface area contributed by atoms with Crippen LogP contribution in [0, 0.1) is 0 Å². The molecule has 67 heavy (non-hydrogen) atoms. The van der Waals surface area contributed by atoms with Crippen molar-refractivity contribution in [3.63, 3.8) is 0 Å². The predicted molar refractivity (Wildman–Crippen MR) is 246 cm³/mol. The number of aromatic nitrogens is 2. The van der Waals surface area contributed by atoms with Crippen molar-refractivity contribution in [2.24, 2.45) is 0 Å². The second-order valence-electron chi connectivity index (χ2n) is 16.8. The molecule has 19 nitrogen and oxygen atoms in total. The van der Waals surface area contributed by atoms with E-state index in [1.807, 2.05) is 71.6 Å². The van der Waals surface area contributed by atoms with Crippen LogP contribution in [0.5, 0.6) is 11.5 Å². The number of likely N-dealkylation sites (tertiary alicyclic amines) is 2. The number of para-hydroxylation sites is 1. The van der Waals surface area contributed by atoms with E-state index in [9.17, 15) is 24.3 Å². The number of anilines is 2. The minimum atomic E-state index is -0.673. The van der Waals surface area contributed by atoms with Gasteiger partial charge in [-0.1, -0.05) is 54.6 Å². The number of hydrogen-bond donors (Lipinski definition) is 6. The van der Waals surface area contributed by atoms with E-state index in [0.29, 0.717) is 93.6 Å². The quantitative estimate of drug-likeness (QED) is 0.0877. The lowest BCUT2D eigenvalue weighted by Gasteiger charge is -2.43. The number of rotatable bonds is 12. The molecule has 1 atom stereocenters. The largest absolute Gasteiger partial charge is 0.507 e. The van der Waals surface area contributed by atoms with Crippen LogP contribution >= 0.6 is 0 Å². The van der Waals surface area contributed by atoms with Crippen molar-refractivity contribution in [3.05, 3.63) is 96.1 Å². The Kier molecular flexibility index (Phi) is 17.6. The Morgan fingerprint density at radius 1 is 0.836 bits per heavy atom. The Hall–Kier alpha value is -7.12. The average Bonchev–Trinajstić information content (AvgIpc) is 3.34. The van der Waals surface area contributed by atoms with Gasteiger partial charge in [-0.2, -0.15) is 0 Å². The molecule has 4 aliphatic heterocycles. The van der Waals surface area contributed by atoms with E-state index >= 15 is 0 Å². The molecule has 5 heterocycles. The monoisotopic (exact) mass is 922 g/mol. The molecule has 1 aromatic heterocycles. The van der Waals surface area contributed by atoms with Crippen molar-refractivity contribution in [1.29, 1.82) is 0 Å². The number of benzene rings is 3. The summed E-state index contributed by atoms with van der Waals surface area (Å²) in [6.07, 6.45) is 4.49. The molecule has 4 aliphatic rings. The molecule has 4 fully saturated rings. The fourth-order valence-electron chi connectivity index (χ4n) is 9.06. The van der Waals surface area contributed by atoms with Crippen LogP contribution in [0.2, 0.25) is 0 Å². The molecule has 3 aromatic carbocycles. The van der Waals surface area contributed by atoms with E-state index in [1.54, 1.807) is 18.2 Å². The zero-order valence-corrected chi connectivity index (χ0v) is 37.2. The van der Waals surface area contributed by atoms with Crippen molar-refractivity contribution in [1.82, 2.24) is 30.6 Å². The molecule has 4 aromatic rings. The summed E-state index contributed by atoms with van der Waals surface area (Å²) in [5, 5.41) is 38.1. The van der Waals surface area contributed by atoms with E-state index in [2.05, 4.69) is 30.6 Å². The minimum Gasteiger partial charge on any atom is -0.507 e. The highest BCUT2D eigenvalue weighted by Gasteiger charge is 2.39. The number of nitrogens with zero attached hydrogens (tertiary/aromatic N) is 5. The summed E-state index contributed by atoms with van der Waals surface area (Å²) < 4.78 is 12.4. The fraction of sp³-hybridized carbons (Fsp3) is 0.417. The Morgan fingerprint density at radius 2 is 1.48 bits per heavy atom. The molecule has 0 spiro atoms. The highest BCUT2D eigenvalue weighted by molar-refractivity contribution is 6.00. The van der Waals surface area contributed by atoms with E-state index in [1.165, 1.54) is 5.56 Å². The molecule has 4 saturated heterocycles. The van der Waals surface area contributed by atoms with Gasteiger partial charge < -0.3 is 45.6 Å². The Morgan fingerprint density at radius 3 is 2.12 bits per heavy atom. The number of carbonyl (C=O) groups excluding carboxylic acids is 4. The number of imide groups is 1. The summed E-state index contributed by atoms with van der Waals surface area (Å²) >= 11 is 0. The predicted octanol–water partition coefficient (Wildman–Crippen LogP) is 3.52. The molecule has 0 radical (unpaired) electrons. The number of carboxylic acid groups (broad SMARTS) is 2. The van der Waals surface area contributed by atoms with Gasteiger partial charge in [-0.15, -0.1) is 10.2 Å². The van der Waals surface area contributed by atoms with E-state index in [4.69, 9.17) is 35.0 Å². The third kappa shape index (κ3) is 13.3. The molecular weight excluding hydrogens is 865 g/mol. The SMILES string of the molecule is Nc1nnc(-c2ccccc2O)cc1N1CCC(OCC(=O)NC2CCN(C(=O)CN3CCC(c4ccc(OC5CCC(=O)NC5=O)cc4)CC3)CC2)(c2ccccc2)CC1.O=CO.O=CO. The second-order valence-corrected chi connectivity index (χ2v) is 16.8. The van der Waals surface area contributed by atoms with Crippen LogP contribution in [-0.4, -0.2) is 136 Å². The van der Waals surface area contributed by atoms with Gasteiger partial charge in [0.25, 0.3) is 18.9 Å². The van der Waals surface area contributed by atoms with Gasteiger partial charge in [0, 0.05) is 50.6 Å². The zero-order chi connectivity index (χ0) is 47.8. The van der Waals surface area contributed by atoms with Crippen molar-refractivity contribution in [3.8, 4) is 22.8 Å². The number of ether oxygens (including phenoxy) is 2. The first-order valence-electron chi connectivity index (χ1n) is 22.4. The van der Waals surface area contributed by atoms with Crippen molar-refractivity contribution >= 4 is 48.1 Å². The van der Waals surface area contributed by atoms with E-state index < -0.39 is 17.6 Å². The van der Waals surface area contributed by atoms with Gasteiger partial charge in [-0.05, 0) is 99.0 Å². The first-order chi connectivity index (χ1) is 32.4. The molecule has 0 bridgehead atoms. The van der Waals surface area contributed by atoms with Crippen LogP contribution in [0.25, 0.3) is 11.3 Å². The average molecular weight is 923 g/mol. The number of hydrogen-bond acceptors (Lipinski definition) is 14. The van der Waals surface area contributed by atoms with Gasteiger partial charge in [0.2, 0.25) is 17.7 Å². The van der Waals surface area contributed by atoms with Gasteiger partial charge in [0.15, 0.2) is 11.9 Å². The number of phenols is 1. The molecular formula is C48H58N8O11. The maximum absolute atomic E-state index is 13.4. The summed E-state index contributed by atoms with van der Waals surface area (Å²) in [6, 6.07) is 26.7. The molecule has 19 heteroatoms. The highest BCUT2D eigenvalue weighted by atomic mass is 16.5. The maximum atomic E-state index is 13.4. The van der Waals surface area contributed by atoms with Gasteiger partial charge in [0.05, 0.1) is 23.5 Å². The topological polar surface area (TPSA) is 267 Å². The second kappa shape index (κ2) is 23.9. The molecule has 0 saturated carbocycles. The summed E-state index contributed by atoms with van der Waals surface area (Å²) in [4.78, 5) is 73.2. The number of phenolic OH excluding ortho intramolecular Hbond substituents is 1. The normalized spacial score (nSPS) is 18.8. The molecule has 7 N–H and O–H groups in total. The Balaban J connectivity index is 0.00000117. The minimum absolute atomic E-state index is 0.0355. The molecule has 4 amide bonds. The van der Waals surface area contributed by atoms with Crippen LogP contribution < -0.4 is 26.0 Å². The number of aromatic hydroxyl groups is 1. The number of nitrogens with two attached hydrogens (primary N) is 1. The van der Waals surface area contributed by atoms with Gasteiger partial charge >= 0.3 is 0 Å². The standard InChI is InChI=1S/C46H54N8O7.2CH2O2/c47-44-38(28-37(50-51-44)36-8-4-5-9-39(36)55)53-26-20-46(21-27-53,33-6-2-1-3-7-33)60-30-42(57)48-34-18-24-54(25-19-34)43(58)29-52-22-16-32(17-23-52)31-10-12-35(13-11-31)61-40-14-15-41(56)49-45(40)59;2*2-1-3/h1-13,28,32,34,40,55H,14-27,29-30H2,(H2,47,51)(H,48,57)(H,49,56,59);2*1H,(H,2,3). The van der Waals surface area contributed by atoms with Crippen LogP contribution in [0.1, 0.15) is 68.4 Å². The number of amides is 4. The van der Waals surface area contributed by atoms with Crippen LogP contribution in [0.4, 0.5) is 11.5 Å². The summed E-state index contributed by atoms with van der Waals surface area (Å²) in [5.41, 5.74) is 9.72. The first kappa shape index (κ1) is 49.3. The van der Waals surface area contributed by atoms with Crippen LogP contribution in [0.15, 0.2) is 84.9 Å². The summed E-state index contributed by atoms with van der Waals surface area (Å²) in [5.74, 6) is 0.706. The van der Waals surface area contributed by atoms with Crippen molar-refractivity contribution < 1.29 is 53.6 Å². The summed E-state index contributed by atoms with van der Waals surface area (Å²) in [6.45, 7) is 3.86. The zero-order valence-electron chi connectivity index (χ0n) is 37.2. The maximum Gasteiger partial charge on any atom is 0.290 e. The fourth-order valence-corrected chi connectivity index (χ4v) is 9.06. The number of piperidine rings is 4. The first-order valence-corrected chi connectivity index (χ1v) is 22.4. The van der Waals surface area contributed by atoms with Crippen molar-refractivity contribution in [2.45, 2.75) is 75.0 Å². The van der Waals surface area contributed by atoms with Gasteiger partial charge in [-0.25, -0.2) is 0 Å². The Bertz CT molecular complexity index is 2290. The number of nitrogen functional groups attached to an aromatic ring is 1. The van der Waals surface area contributed by atoms with Gasteiger partial charge in [0.1, 0.15) is 18.1 Å². The number of carbonyl (C=O) groups is 6. The van der Waals surface area contributed by atoms with E-state index in [-0.39, 0.29) is 55.5 Å². The van der Waals surface area contributed by atoms with Crippen LogP contribution in [-0.2, 0) is 39.1 Å². The smallest absolute Gasteiger partial charge is 0.290 e. The lowest BCUT2D eigenvalue weighted by molar-refractivity contribution is -0.139. The highest BCUT2D eigenvalue weighted by Crippen LogP contribution is 2.40. The van der Waals surface area contributed by atoms with Crippen molar-refractivity contribution in [2.75, 3.05) is 63.1 Å². The number of nitrogens with one attached hydrogen (secondary N) is 2. The third-order valence-corrected chi connectivity index (χ3v) is 12.7. The van der Waals surface area contributed by atoms with Crippen LogP contribution in [0.3, 0.4) is 0 Å². The van der Waals surface area contributed by atoms with Gasteiger partial charge in [-0.3, -0.25) is 39.0 Å². The molecule has 0 aliphatic carbocycles. The third-order valence-electron chi connectivity index (χ3n) is 12.7. The molecule has 356 valence electrons. The summed E-state index contributed by atoms with van der Waals surface area (Å²) in [7, 11) is 0. The lowest BCUT2D eigenvalue weighted by atomic mass is 9.84. The molecule has 1 unspecified atom stereocenters. The lowest BCUT2D eigenvalue weighted by Crippen LogP contribution is -2.50.